The molecular formula is C26H44N2O2. The van der Waals surface area contributed by atoms with Crippen molar-refractivity contribution in [1.82, 2.24) is 0 Å². The van der Waals surface area contributed by atoms with E-state index in [4.69, 9.17) is 21.0 Å². The number of hydrogen-bond donors (Lipinski definition) is 3. The summed E-state index contributed by atoms with van der Waals surface area (Å²) in [7, 11) is 1.00. The monoisotopic (exact) mass is 416 g/mol. The average Bonchev–Trinajstić information content (AvgIpc) is 2.81. The first-order valence-corrected chi connectivity index (χ1v) is 10.9. The normalized spacial score (nSPS) is 12.8. The van der Waals surface area contributed by atoms with Gasteiger partial charge < -0.3 is 21.0 Å². The number of hydrogen-bond acceptors (Lipinski definition) is 4. The number of nitrogens with two attached hydrogens (primary N) is 1. The van der Waals surface area contributed by atoms with Gasteiger partial charge in [0.1, 0.15) is 0 Å². The fourth-order valence-corrected chi connectivity index (χ4v) is 2.59. The minimum absolute atomic E-state index is 0.0754. The number of aliphatic hydroxyl groups is 1. The van der Waals surface area contributed by atoms with Crippen LogP contribution in [0, 0.1) is 11.3 Å². The van der Waals surface area contributed by atoms with Crippen molar-refractivity contribution in [3.05, 3.63) is 72.4 Å². The third-order valence-electron chi connectivity index (χ3n) is 4.55. The van der Waals surface area contributed by atoms with Gasteiger partial charge in [-0.2, -0.15) is 0 Å². The van der Waals surface area contributed by atoms with Gasteiger partial charge in [-0.15, -0.1) is 0 Å². The number of nitrogens with one attached hydrogen (secondary N) is 1. The highest BCUT2D eigenvalue weighted by atomic mass is 16.5. The largest absolute Gasteiger partial charge is 0.400 e. The lowest BCUT2D eigenvalue weighted by atomic mass is 9.89. The molecule has 4 nitrogen and oxygen atoms in total. The van der Waals surface area contributed by atoms with Crippen LogP contribution in [0.2, 0.25) is 0 Å². The Balaban J connectivity index is 0. The molecule has 0 saturated carbocycles. The van der Waals surface area contributed by atoms with Gasteiger partial charge in [-0.3, -0.25) is 0 Å². The van der Waals surface area contributed by atoms with E-state index < -0.39 is 0 Å². The van der Waals surface area contributed by atoms with Gasteiger partial charge in [-0.05, 0) is 37.8 Å². The first-order valence-electron chi connectivity index (χ1n) is 10.9. The van der Waals surface area contributed by atoms with Gasteiger partial charge in [0.2, 0.25) is 0 Å². The van der Waals surface area contributed by atoms with Gasteiger partial charge in [-0.1, -0.05) is 87.9 Å². The summed E-state index contributed by atoms with van der Waals surface area (Å²) >= 11 is 0. The smallest absolute Gasteiger partial charge is 0.0544 e. The molecule has 30 heavy (non-hydrogen) atoms. The quantitative estimate of drug-likeness (QED) is 0.225. The molecule has 0 amide bonds. The van der Waals surface area contributed by atoms with Crippen LogP contribution in [0.25, 0.3) is 0 Å². The van der Waals surface area contributed by atoms with E-state index in [1.165, 1.54) is 19.3 Å². The Kier molecular flexibility index (Phi) is 21.8. The molecule has 0 fully saturated rings. The minimum Gasteiger partial charge on any atom is -0.400 e. The average molecular weight is 417 g/mol. The molecule has 0 aliphatic heterocycles. The van der Waals surface area contributed by atoms with Crippen LogP contribution in [0.5, 0.6) is 0 Å². The fourth-order valence-electron chi connectivity index (χ4n) is 2.59. The number of rotatable bonds is 12. The molecular weight excluding hydrogens is 372 g/mol. The van der Waals surface area contributed by atoms with Crippen molar-refractivity contribution in [1.29, 1.82) is 5.41 Å². The summed E-state index contributed by atoms with van der Waals surface area (Å²) in [6, 6.07) is 9.70. The second-order valence-corrected chi connectivity index (χ2v) is 6.75. The van der Waals surface area contributed by atoms with E-state index in [1.807, 2.05) is 55.5 Å². The van der Waals surface area contributed by atoms with Crippen LogP contribution in [-0.2, 0) is 4.74 Å². The highest BCUT2D eigenvalue weighted by Crippen LogP contribution is 2.17. The summed E-state index contributed by atoms with van der Waals surface area (Å²) < 4.78 is 5.49. The van der Waals surface area contributed by atoms with E-state index in [9.17, 15) is 0 Å². The summed E-state index contributed by atoms with van der Waals surface area (Å²) in [6.07, 6.45) is 12.9. The van der Waals surface area contributed by atoms with Crippen molar-refractivity contribution in [2.24, 2.45) is 11.7 Å². The van der Waals surface area contributed by atoms with Crippen LogP contribution in [-0.4, -0.2) is 37.2 Å². The Morgan fingerprint density at radius 2 is 1.83 bits per heavy atom. The van der Waals surface area contributed by atoms with Crippen LogP contribution >= 0.6 is 0 Å². The summed E-state index contributed by atoms with van der Waals surface area (Å²) in [4.78, 5) is 0. The molecule has 1 rings (SSSR count). The van der Waals surface area contributed by atoms with Crippen LogP contribution in [0.3, 0.4) is 0 Å². The van der Waals surface area contributed by atoms with E-state index in [0.29, 0.717) is 18.4 Å². The van der Waals surface area contributed by atoms with E-state index in [1.54, 1.807) is 6.08 Å². The van der Waals surface area contributed by atoms with Crippen molar-refractivity contribution in [2.45, 2.75) is 59.5 Å². The number of benzene rings is 1. The van der Waals surface area contributed by atoms with Gasteiger partial charge >= 0.3 is 0 Å². The maximum Gasteiger partial charge on any atom is 0.0544 e. The lowest BCUT2D eigenvalue weighted by molar-refractivity contribution is 0.0610. The Labute approximate surface area is 185 Å². The summed E-state index contributed by atoms with van der Waals surface area (Å²) in [6.45, 7) is 13.5. The lowest BCUT2D eigenvalue weighted by Gasteiger charge is -2.17. The number of aliphatic hydroxyl groups excluding tert-OH is 1. The summed E-state index contributed by atoms with van der Waals surface area (Å²) in [5.41, 5.74) is 8.34. The van der Waals surface area contributed by atoms with Gasteiger partial charge in [0, 0.05) is 31.9 Å². The zero-order valence-electron chi connectivity index (χ0n) is 19.7. The maximum atomic E-state index is 8.28. The number of unbranched alkanes of at least 4 members (excludes halogenated alkanes) is 2. The third-order valence-corrected chi connectivity index (χ3v) is 4.55. The van der Waals surface area contributed by atoms with Crippen LogP contribution in [0.1, 0.15) is 58.9 Å². The predicted molar refractivity (Wildman–Crippen MR) is 132 cm³/mol. The zero-order valence-corrected chi connectivity index (χ0v) is 19.7. The van der Waals surface area contributed by atoms with E-state index in [0.717, 1.165) is 31.3 Å². The SMILES string of the molecule is C=C/C=C\C(=C/C)C(CN)C(=N)c1ccccc1.CCCCCOC(C)CC.CO. The highest BCUT2D eigenvalue weighted by molar-refractivity contribution is 6.02. The topological polar surface area (TPSA) is 79.3 Å². The Morgan fingerprint density at radius 3 is 2.30 bits per heavy atom. The van der Waals surface area contributed by atoms with Crippen molar-refractivity contribution < 1.29 is 9.84 Å². The molecule has 0 aliphatic rings. The highest BCUT2D eigenvalue weighted by Gasteiger charge is 2.16. The first-order chi connectivity index (χ1) is 14.5. The first kappa shape index (κ1) is 30.2. The molecule has 0 saturated heterocycles. The Bertz CT molecular complexity index is 594. The van der Waals surface area contributed by atoms with Crippen molar-refractivity contribution in [2.75, 3.05) is 20.3 Å². The molecule has 1 aromatic rings. The van der Waals surface area contributed by atoms with Crippen LogP contribution in [0.4, 0.5) is 0 Å². The number of ether oxygens (including phenoxy) is 1. The molecule has 1 aromatic carbocycles. The standard InChI is InChI=1S/C16H20N2.C9H20O.CH4O/c1-3-5-9-13(4-2)15(12-17)16(18)14-10-7-6-8-11-14;1-4-6-7-8-10-9(3)5-2;1-2/h3-11,15,18H,1,12,17H2,2H3;9H,4-8H2,1-3H3;2H,1H3/b9-5-,13-4+,18-16?;;. The van der Waals surface area contributed by atoms with Crippen molar-refractivity contribution >= 4 is 5.71 Å². The number of allylic oxidation sites excluding steroid dienone is 4. The van der Waals surface area contributed by atoms with Gasteiger partial charge in [0.15, 0.2) is 0 Å². The van der Waals surface area contributed by atoms with Gasteiger partial charge in [0.25, 0.3) is 0 Å². The lowest BCUT2D eigenvalue weighted by Crippen LogP contribution is -2.25. The molecule has 2 atom stereocenters. The van der Waals surface area contributed by atoms with Crippen molar-refractivity contribution in [3.63, 3.8) is 0 Å². The molecule has 0 radical (unpaired) electrons. The molecule has 0 bridgehead atoms. The minimum atomic E-state index is -0.0754. The summed E-state index contributed by atoms with van der Waals surface area (Å²) in [5, 5.41) is 15.3. The zero-order chi connectivity index (χ0) is 23.2. The van der Waals surface area contributed by atoms with Gasteiger partial charge in [-0.25, -0.2) is 0 Å². The van der Waals surface area contributed by atoms with E-state index >= 15 is 0 Å². The second kappa shape index (κ2) is 21.7. The van der Waals surface area contributed by atoms with Crippen LogP contribution in [0.15, 0.2) is 66.8 Å². The van der Waals surface area contributed by atoms with Gasteiger partial charge in [0.05, 0.1) is 6.10 Å². The molecule has 0 heterocycles. The van der Waals surface area contributed by atoms with Crippen molar-refractivity contribution in [3.8, 4) is 0 Å². The fraction of sp³-hybridized carbons (Fsp3) is 0.500. The Morgan fingerprint density at radius 1 is 1.20 bits per heavy atom. The summed E-state index contributed by atoms with van der Waals surface area (Å²) in [5.74, 6) is -0.0754. The van der Waals surface area contributed by atoms with Crippen LogP contribution < -0.4 is 5.73 Å². The third kappa shape index (κ3) is 14.0. The molecule has 0 spiro atoms. The maximum absolute atomic E-state index is 8.28. The molecule has 0 aromatic heterocycles. The van der Waals surface area contributed by atoms with E-state index in [-0.39, 0.29) is 5.92 Å². The predicted octanol–water partition coefficient (Wildman–Crippen LogP) is 5.92. The second-order valence-electron chi connectivity index (χ2n) is 6.75. The molecule has 0 aliphatic carbocycles. The Hall–Kier alpha value is -2.01. The molecule has 4 heteroatoms. The molecule has 4 N–H and O–H groups in total. The van der Waals surface area contributed by atoms with E-state index in [2.05, 4.69) is 27.4 Å². The molecule has 2 unspecified atom stereocenters. The molecule has 170 valence electrons.